The number of hydrogen-bond donors (Lipinski definition) is 1. The van der Waals surface area contributed by atoms with E-state index in [1.54, 1.807) is 17.8 Å². The van der Waals surface area contributed by atoms with Crippen LogP contribution in [0.2, 0.25) is 0 Å². The molecule has 3 aromatic rings. The second-order valence-corrected chi connectivity index (χ2v) is 4.75. The van der Waals surface area contributed by atoms with E-state index < -0.39 is 5.97 Å². The third-order valence-corrected chi connectivity index (χ3v) is 3.28. The molecule has 5 nitrogen and oxygen atoms in total. The largest absolute Gasteiger partial charge is 0.478 e. The average Bonchev–Trinajstić information content (AvgIpc) is 2.77. The summed E-state index contributed by atoms with van der Waals surface area (Å²) < 4.78 is 1.71. The first-order valence-corrected chi connectivity index (χ1v) is 6.18. The van der Waals surface area contributed by atoms with Gasteiger partial charge in [0.05, 0.1) is 16.6 Å². The maximum Gasteiger partial charge on any atom is 0.338 e. The Labute approximate surface area is 115 Å². The second-order valence-electron chi connectivity index (χ2n) is 4.75. The van der Waals surface area contributed by atoms with Crippen LogP contribution < -0.4 is 0 Å². The Hall–Kier alpha value is -2.69. The van der Waals surface area contributed by atoms with Gasteiger partial charge in [-0.25, -0.2) is 14.8 Å². The monoisotopic (exact) mass is 267 g/mol. The molecule has 0 aliphatic carbocycles. The van der Waals surface area contributed by atoms with Gasteiger partial charge in [0.1, 0.15) is 12.0 Å². The van der Waals surface area contributed by atoms with Crippen LogP contribution in [0.1, 0.15) is 15.9 Å². The highest BCUT2D eigenvalue weighted by molar-refractivity contribution is 6.07. The van der Waals surface area contributed by atoms with Crippen LogP contribution in [-0.4, -0.2) is 25.6 Å². The van der Waals surface area contributed by atoms with Gasteiger partial charge in [0.2, 0.25) is 0 Å². The number of carboxylic acids is 1. The van der Waals surface area contributed by atoms with Gasteiger partial charge < -0.3 is 9.67 Å². The Morgan fingerprint density at radius 1 is 1.30 bits per heavy atom. The van der Waals surface area contributed by atoms with E-state index in [4.69, 9.17) is 0 Å². The number of nitrogens with zero attached hydrogens (tertiary/aromatic N) is 3. The van der Waals surface area contributed by atoms with Crippen LogP contribution in [0.15, 0.2) is 36.8 Å². The maximum absolute atomic E-state index is 11.4. The Morgan fingerprint density at radius 3 is 2.80 bits per heavy atom. The lowest BCUT2D eigenvalue weighted by Gasteiger charge is -2.04. The summed E-state index contributed by atoms with van der Waals surface area (Å²) in [5.74, 6) is -0.973. The quantitative estimate of drug-likeness (QED) is 0.775. The molecule has 1 N–H and O–H groups in total. The third-order valence-electron chi connectivity index (χ3n) is 3.28. The molecule has 0 aliphatic heterocycles. The summed E-state index contributed by atoms with van der Waals surface area (Å²) in [7, 11) is 1.78. The number of carboxylic acid groups (broad SMARTS) is 1. The fourth-order valence-corrected chi connectivity index (χ4v) is 2.38. The topological polar surface area (TPSA) is 68.0 Å². The van der Waals surface area contributed by atoms with E-state index in [-0.39, 0.29) is 5.56 Å². The molecule has 0 saturated heterocycles. The summed E-state index contributed by atoms with van der Waals surface area (Å²) in [4.78, 5) is 19.9. The predicted octanol–water partition coefficient (Wildman–Crippen LogP) is 2.64. The Balaban J connectivity index is 2.39. The van der Waals surface area contributed by atoms with Gasteiger partial charge >= 0.3 is 5.97 Å². The lowest BCUT2D eigenvalue weighted by atomic mass is 10.0. The lowest BCUT2D eigenvalue weighted by molar-refractivity contribution is 0.0699. The summed E-state index contributed by atoms with van der Waals surface area (Å²) in [6.45, 7) is 1.99. The van der Waals surface area contributed by atoms with Crippen molar-refractivity contribution in [2.75, 3.05) is 0 Å². The molecule has 3 rings (SSSR count). The summed E-state index contributed by atoms with van der Waals surface area (Å²) in [6.07, 6.45) is 3.03. The van der Waals surface area contributed by atoms with Crippen LogP contribution in [0.5, 0.6) is 0 Å². The van der Waals surface area contributed by atoms with Crippen LogP contribution >= 0.6 is 0 Å². The van der Waals surface area contributed by atoms with Gasteiger partial charge in [-0.15, -0.1) is 0 Å². The zero-order valence-electron chi connectivity index (χ0n) is 11.2. The molecule has 0 aliphatic rings. The standard InChI is InChI=1S/C15H13N3O2/c1-9-4-3-5-10(6-9)13-12-11(15(19)20)7-18(2)14(12)17-8-16-13/h3-8H,1-2H3,(H,19,20). The Morgan fingerprint density at radius 2 is 2.10 bits per heavy atom. The highest BCUT2D eigenvalue weighted by Crippen LogP contribution is 2.29. The van der Waals surface area contributed by atoms with Gasteiger partial charge in [0.25, 0.3) is 0 Å². The molecule has 0 bridgehead atoms. The van der Waals surface area contributed by atoms with E-state index in [0.29, 0.717) is 16.7 Å². The van der Waals surface area contributed by atoms with Gasteiger partial charge in [0, 0.05) is 18.8 Å². The predicted molar refractivity (Wildman–Crippen MR) is 75.6 cm³/mol. The van der Waals surface area contributed by atoms with E-state index in [9.17, 15) is 9.90 Å². The molecular formula is C15H13N3O2. The van der Waals surface area contributed by atoms with Crippen molar-refractivity contribution in [2.24, 2.45) is 7.05 Å². The average molecular weight is 267 g/mol. The number of aromatic nitrogens is 3. The molecule has 0 atom stereocenters. The fraction of sp³-hybridized carbons (Fsp3) is 0.133. The van der Waals surface area contributed by atoms with Gasteiger partial charge in [0.15, 0.2) is 0 Å². The van der Waals surface area contributed by atoms with E-state index >= 15 is 0 Å². The van der Waals surface area contributed by atoms with E-state index in [1.807, 2.05) is 31.2 Å². The minimum Gasteiger partial charge on any atom is -0.478 e. The molecule has 0 unspecified atom stereocenters. The molecule has 0 spiro atoms. The summed E-state index contributed by atoms with van der Waals surface area (Å²) in [5, 5.41) is 9.93. The van der Waals surface area contributed by atoms with Crippen molar-refractivity contribution in [3.8, 4) is 11.3 Å². The number of benzene rings is 1. The smallest absolute Gasteiger partial charge is 0.338 e. The van der Waals surface area contributed by atoms with Crippen LogP contribution in [0, 0.1) is 6.92 Å². The molecule has 0 amide bonds. The maximum atomic E-state index is 11.4. The minimum absolute atomic E-state index is 0.222. The highest BCUT2D eigenvalue weighted by atomic mass is 16.4. The number of hydrogen-bond acceptors (Lipinski definition) is 3. The molecule has 5 heteroatoms. The number of aromatic carboxylic acids is 1. The Kier molecular flexibility index (Phi) is 2.75. The van der Waals surface area contributed by atoms with Crippen molar-refractivity contribution in [1.82, 2.24) is 14.5 Å². The number of rotatable bonds is 2. The first kappa shape index (κ1) is 12.3. The summed E-state index contributed by atoms with van der Waals surface area (Å²) in [6, 6.07) is 7.83. The van der Waals surface area contributed by atoms with Gasteiger partial charge in [-0.1, -0.05) is 23.8 Å². The zero-order valence-corrected chi connectivity index (χ0v) is 11.2. The summed E-state index contributed by atoms with van der Waals surface area (Å²) in [5.41, 5.74) is 3.48. The molecule has 0 radical (unpaired) electrons. The van der Waals surface area contributed by atoms with E-state index in [2.05, 4.69) is 9.97 Å². The first-order chi connectivity index (χ1) is 9.58. The Bertz CT molecular complexity index is 821. The zero-order chi connectivity index (χ0) is 14.3. The molecule has 1 aromatic carbocycles. The number of carbonyl (C=O) groups is 1. The molecule has 2 aromatic heterocycles. The van der Waals surface area contributed by atoms with Crippen molar-refractivity contribution in [1.29, 1.82) is 0 Å². The van der Waals surface area contributed by atoms with Crippen molar-refractivity contribution in [3.05, 3.63) is 47.9 Å². The highest BCUT2D eigenvalue weighted by Gasteiger charge is 2.18. The van der Waals surface area contributed by atoms with Gasteiger partial charge in [-0.2, -0.15) is 0 Å². The number of fused-ring (bicyclic) bond motifs is 1. The molecule has 2 heterocycles. The fourth-order valence-electron chi connectivity index (χ4n) is 2.38. The lowest BCUT2D eigenvalue weighted by Crippen LogP contribution is -1.96. The van der Waals surface area contributed by atoms with Crippen LogP contribution in [-0.2, 0) is 7.05 Å². The minimum atomic E-state index is -0.973. The second kappa shape index (κ2) is 4.45. The molecule has 20 heavy (non-hydrogen) atoms. The van der Waals surface area contributed by atoms with E-state index in [1.165, 1.54) is 6.33 Å². The van der Waals surface area contributed by atoms with Crippen LogP contribution in [0.25, 0.3) is 22.3 Å². The third kappa shape index (κ3) is 1.84. The van der Waals surface area contributed by atoms with Crippen molar-refractivity contribution >= 4 is 17.0 Å². The molecule has 0 saturated carbocycles. The van der Waals surface area contributed by atoms with Gasteiger partial charge in [-0.3, -0.25) is 0 Å². The van der Waals surface area contributed by atoms with E-state index in [0.717, 1.165) is 11.1 Å². The van der Waals surface area contributed by atoms with Crippen molar-refractivity contribution < 1.29 is 9.90 Å². The van der Waals surface area contributed by atoms with Crippen molar-refractivity contribution in [3.63, 3.8) is 0 Å². The van der Waals surface area contributed by atoms with Crippen molar-refractivity contribution in [2.45, 2.75) is 6.92 Å². The summed E-state index contributed by atoms with van der Waals surface area (Å²) >= 11 is 0. The van der Waals surface area contributed by atoms with Crippen LogP contribution in [0.3, 0.4) is 0 Å². The molecule has 100 valence electrons. The molecular weight excluding hydrogens is 254 g/mol. The van der Waals surface area contributed by atoms with Gasteiger partial charge in [-0.05, 0) is 13.0 Å². The van der Waals surface area contributed by atoms with Crippen LogP contribution in [0.4, 0.5) is 0 Å². The normalized spacial score (nSPS) is 10.9. The number of aryl methyl sites for hydroxylation is 2. The molecule has 0 fully saturated rings. The first-order valence-electron chi connectivity index (χ1n) is 6.18. The SMILES string of the molecule is Cc1cccc(-c2ncnc3c2c(C(=O)O)cn3C)c1.